The maximum atomic E-state index is 5.60. The maximum Gasteiger partial charge on any atom is 0.182 e. The molecule has 0 saturated carbocycles. The van der Waals surface area contributed by atoms with Crippen LogP contribution in [0.15, 0.2) is 6.20 Å². The number of hydrogen-bond donors (Lipinski definition) is 2. The Kier molecular flexibility index (Phi) is 4.25. The number of anilines is 1. The number of likely N-dealkylation sites (tertiary alicyclic amines) is 1. The third kappa shape index (κ3) is 3.22. The molecule has 102 valence electrons. The van der Waals surface area contributed by atoms with Gasteiger partial charge in [-0.1, -0.05) is 13.8 Å². The number of nitrogens with two attached hydrogens (primary N) is 1. The van der Waals surface area contributed by atoms with Gasteiger partial charge in [-0.25, -0.2) is 4.98 Å². The molecule has 1 fully saturated rings. The molecule has 0 radical (unpaired) electrons. The zero-order valence-corrected chi connectivity index (χ0v) is 12.4. The summed E-state index contributed by atoms with van der Waals surface area (Å²) >= 11 is 1.66. The van der Waals surface area contributed by atoms with Gasteiger partial charge in [0.15, 0.2) is 5.13 Å². The fourth-order valence-corrected chi connectivity index (χ4v) is 3.19. The van der Waals surface area contributed by atoms with Crippen molar-refractivity contribution in [3.05, 3.63) is 11.1 Å². The summed E-state index contributed by atoms with van der Waals surface area (Å²) in [5, 5.41) is 4.46. The molecule has 5 heteroatoms. The second kappa shape index (κ2) is 5.55. The van der Waals surface area contributed by atoms with Crippen LogP contribution in [0.3, 0.4) is 0 Å². The second-order valence-electron chi connectivity index (χ2n) is 5.93. The van der Waals surface area contributed by atoms with Gasteiger partial charge >= 0.3 is 0 Å². The van der Waals surface area contributed by atoms with Crippen LogP contribution in [-0.2, 0) is 6.54 Å². The SMILES string of the molecule is CN1CCC(C(C)(C)CNc2ncc(CN)s2)C1. The summed E-state index contributed by atoms with van der Waals surface area (Å²) in [5.41, 5.74) is 5.90. The van der Waals surface area contributed by atoms with Crippen LogP contribution in [0, 0.1) is 11.3 Å². The Hall–Kier alpha value is -0.650. The van der Waals surface area contributed by atoms with E-state index in [-0.39, 0.29) is 0 Å². The van der Waals surface area contributed by atoms with E-state index in [1.807, 2.05) is 6.20 Å². The first-order chi connectivity index (χ1) is 8.51. The molecular weight excluding hydrogens is 244 g/mol. The summed E-state index contributed by atoms with van der Waals surface area (Å²) in [6.45, 7) is 8.69. The number of nitrogens with one attached hydrogen (secondary N) is 1. The van der Waals surface area contributed by atoms with Crippen LogP contribution >= 0.6 is 11.3 Å². The van der Waals surface area contributed by atoms with Gasteiger partial charge in [-0.2, -0.15) is 0 Å². The Morgan fingerprint density at radius 2 is 2.39 bits per heavy atom. The topological polar surface area (TPSA) is 54.2 Å². The molecule has 1 saturated heterocycles. The summed E-state index contributed by atoms with van der Waals surface area (Å²) < 4.78 is 0. The van der Waals surface area contributed by atoms with Crippen molar-refractivity contribution in [3.63, 3.8) is 0 Å². The van der Waals surface area contributed by atoms with Gasteiger partial charge in [0.1, 0.15) is 0 Å². The maximum absolute atomic E-state index is 5.60. The van der Waals surface area contributed by atoms with Crippen LogP contribution in [0.4, 0.5) is 5.13 Å². The highest BCUT2D eigenvalue weighted by atomic mass is 32.1. The molecule has 0 amide bonds. The van der Waals surface area contributed by atoms with E-state index in [2.05, 4.69) is 36.1 Å². The molecule has 18 heavy (non-hydrogen) atoms. The van der Waals surface area contributed by atoms with Crippen molar-refractivity contribution in [2.45, 2.75) is 26.8 Å². The van der Waals surface area contributed by atoms with Crippen LogP contribution in [0.5, 0.6) is 0 Å². The van der Waals surface area contributed by atoms with Crippen LogP contribution in [0.2, 0.25) is 0 Å². The minimum absolute atomic E-state index is 0.305. The quantitative estimate of drug-likeness (QED) is 0.857. The molecule has 1 aromatic rings. The van der Waals surface area contributed by atoms with Gasteiger partial charge in [0.2, 0.25) is 0 Å². The highest BCUT2D eigenvalue weighted by Crippen LogP contribution is 2.34. The van der Waals surface area contributed by atoms with Gasteiger partial charge in [0.25, 0.3) is 0 Å². The molecule has 0 spiro atoms. The Morgan fingerprint density at radius 3 is 2.94 bits per heavy atom. The zero-order chi connectivity index (χ0) is 13.2. The van der Waals surface area contributed by atoms with Gasteiger partial charge in [-0.05, 0) is 31.3 Å². The molecular formula is C13H24N4S. The number of thiazole rings is 1. The molecule has 4 nitrogen and oxygen atoms in total. The van der Waals surface area contributed by atoms with Crippen molar-refractivity contribution < 1.29 is 0 Å². The first-order valence-electron chi connectivity index (χ1n) is 6.58. The molecule has 0 bridgehead atoms. The molecule has 1 atom stereocenters. The normalized spacial score (nSPS) is 21.4. The summed E-state index contributed by atoms with van der Waals surface area (Å²) in [5.74, 6) is 0.768. The van der Waals surface area contributed by atoms with Gasteiger partial charge in [-0.3, -0.25) is 0 Å². The molecule has 1 unspecified atom stereocenters. The van der Waals surface area contributed by atoms with Crippen molar-refractivity contribution in [2.75, 3.05) is 32.0 Å². The Bertz CT molecular complexity index is 388. The van der Waals surface area contributed by atoms with Gasteiger partial charge < -0.3 is 16.0 Å². The lowest BCUT2D eigenvalue weighted by atomic mass is 9.78. The van der Waals surface area contributed by atoms with Crippen molar-refractivity contribution in [2.24, 2.45) is 17.1 Å². The minimum atomic E-state index is 0.305. The number of hydrogen-bond acceptors (Lipinski definition) is 5. The van der Waals surface area contributed by atoms with Crippen molar-refractivity contribution >= 4 is 16.5 Å². The zero-order valence-electron chi connectivity index (χ0n) is 11.6. The third-order valence-electron chi connectivity index (χ3n) is 3.95. The van der Waals surface area contributed by atoms with Crippen LogP contribution in [-0.4, -0.2) is 36.6 Å². The Balaban J connectivity index is 1.88. The number of aromatic nitrogens is 1. The van der Waals surface area contributed by atoms with Crippen molar-refractivity contribution in [1.29, 1.82) is 0 Å². The van der Waals surface area contributed by atoms with E-state index in [1.165, 1.54) is 19.5 Å². The highest BCUT2D eigenvalue weighted by Gasteiger charge is 2.33. The van der Waals surface area contributed by atoms with Gasteiger partial charge in [0.05, 0.1) is 0 Å². The van der Waals surface area contributed by atoms with Crippen LogP contribution in [0.25, 0.3) is 0 Å². The lowest BCUT2D eigenvalue weighted by Gasteiger charge is -2.31. The van der Waals surface area contributed by atoms with E-state index in [0.717, 1.165) is 22.5 Å². The summed E-state index contributed by atoms with van der Waals surface area (Å²) in [4.78, 5) is 7.90. The van der Waals surface area contributed by atoms with E-state index in [0.29, 0.717) is 12.0 Å². The van der Waals surface area contributed by atoms with Gasteiger partial charge in [-0.15, -0.1) is 11.3 Å². The monoisotopic (exact) mass is 268 g/mol. The highest BCUT2D eigenvalue weighted by molar-refractivity contribution is 7.15. The number of nitrogens with zero attached hydrogens (tertiary/aromatic N) is 2. The van der Waals surface area contributed by atoms with E-state index in [1.54, 1.807) is 11.3 Å². The van der Waals surface area contributed by atoms with E-state index in [9.17, 15) is 0 Å². The Labute approximate surface area is 114 Å². The van der Waals surface area contributed by atoms with E-state index in [4.69, 9.17) is 5.73 Å². The largest absolute Gasteiger partial charge is 0.361 e. The molecule has 1 aliphatic heterocycles. The smallest absolute Gasteiger partial charge is 0.182 e. The first kappa shape index (κ1) is 13.8. The molecule has 1 aromatic heterocycles. The molecule has 1 aliphatic rings. The molecule has 2 heterocycles. The molecule has 0 aliphatic carbocycles. The average Bonchev–Trinajstić information content (AvgIpc) is 2.95. The number of rotatable bonds is 5. The summed E-state index contributed by atoms with van der Waals surface area (Å²) in [7, 11) is 2.21. The fraction of sp³-hybridized carbons (Fsp3) is 0.769. The summed E-state index contributed by atoms with van der Waals surface area (Å²) in [6, 6.07) is 0. The molecule has 0 aromatic carbocycles. The predicted molar refractivity (Wildman–Crippen MR) is 77.9 cm³/mol. The van der Waals surface area contributed by atoms with Crippen molar-refractivity contribution in [1.82, 2.24) is 9.88 Å². The van der Waals surface area contributed by atoms with Gasteiger partial charge in [0, 0.05) is 30.7 Å². The molecule has 2 rings (SSSR count). The standard InChI is InChI=1S/C13H24N4S/c1-13(2,10-4-5-17(3)8-10)9-16-12-15-7-11(6-14)18-12/h7,10H,4-6,8-9,14H2,1-3H3,(H,15,16). The summed E-state index contributed by atoms with van der Waals surface area (Å²) in [6.07, 6.45) is 3.17. The second-order valence-corrected chi connectivity index (χ2v) is 7.04. The van der Waals surface area contributed by atoms with Crippen LogP contribution in [0.1, 0.15) is 25.1 Å². The lowest BCUT2D eigenvalue weighted by Crippen LogP contribution is -2.33. The van der Waals surface area contributed by atoms with Crippen molar-refractivity contribution in [3.8, 4) is 0 Å². The first-order valence-corrected chi connectivity index (χ1v) is 7.40. The van der Waals surface area contributed by atoms with Crippen LogP contribution < -0.4 is 11.1 Å². The van der Waals surface area contributed by atoms with E-state index >= 15 is 0 Å². The fourth-order valence-electron chi connectivity index (χ4n) is 2.50. The van der Waals surface area contributed by atoms with E-state index < -0.39 is 0 Å². The Morgan fingerprint density at radius 1 is 1.61 bits per heavy atom. The lowest BCUT2D eigenvalue weighted by molar-refractivity contribution is 0.231. The third-order valence-corrected chi connectivity index (χ3v) is 4.92. The molecule has 3 N–H and O–H groups in total. The minimum Gasteiger partial charge on any atom is -0.361 e. The average molecular weight is 268 g/mol. The predicted octanol–water partition coefficient (Wildman–Crippen LogP) is 1.99.